The van der Waals surface area contributed by atoms with E-state index in [0.717, 1.165) is 35.5 Å². The van der Waals surface area contributed by atoms with Gasteiger partial charge in [-0.15, -0.1) is 0 Å². The third kappa shape index (κ3) is 3.00. The van der Waals surface area contributed by atoms with Crippen LogP contribution in [0, 0.1) is 6.92 Å². The maximum Gasteiger partial charge on any atom is 0.222 e. The van der Waals surface area contributed by atoms with Crippen molar-refractivity contribution in [3.63, 3.8) is 0 Å². The quantitative estimate of drug-likeness (QED) is 0.765. The van der Waals surface area contributed by atoms with Crippen LogP contribution in [0.1, 0.15) is 29.7 Å². The average molecular weight is 350 g/mol. The van der Waals surface area contributed by atoms with Crippen molar-refractivity contribution >= 4 is 22.8 Å². The van der Waals surface area contributed by atoms with Crippen LogP contribution >= 0.6 is 0 Å². The van der Waals surface area contributed by atoms with E-state index in [1.165, 1.54) is 11.1 Å². The molecule has 4 rings (SSSR count). The SMILES string of the molecule is Cc1nn(C)c2ncnc(NCc3ccccc3CN3CCCC3=O)c12. The summed E-state index contributed by atoms with van der Waals surface area (Å²) in [6.45, 7) is 4.12. The summed E-state index contributed by atoms with van der Waals surface area (Å²) in [5.74, 6) is 1.03. The molecule has 7 nitrogen and oxygen atoms in total. The van der Waals surface area contributed by atoms with E-state index in [2.05, 4.69) is 32.5 Å². The van der Waals surface area contributed by atoms with Crippen LogP contribution < -0.4 is 5.32 Å². The molecule has 26 heavy (non-hydrogen) atoms. The van der Waals surface area contributed by atoms with E-state index in [4.69, 9.17) is 0 Å². The number of hydrogen-bond donors (Lipinski definition) is 1. The zero-order chi connectivity index (χ0) is 18.1. The minimum Gasteiger partial charge on any atom is -0.365 e. The Kier molecular flexibility index (Phi) is 4.28. The van der Waals surface area contributed by atoms with Gasteiger partial charge in [0, 0.05) is 33.1 Å². The number of nitrogens with one attached hydrogen (secondary N) is 1. The number of nitrogens with zero attached hydrogens (tertiary/aromatic N) is 5. The molecular formula is C19H22N6O. The molecule has 0 unspecified atom stereocenters. The highest BCUT2D eigenvalue weighted by atomic mass is 16.2. The molecule has 0 radical (unpaired) electrons. The normalized spacial score (nSPS) is 14.4. The van der Waals surface area contributed by atoms with Crippen LogP contribution in [-0.2, 0) is 24.9 Å². The summed E-state index contributed by atoms with van der Waals surface area (Å²) in [4.78, 5) is 22.6. The molecule has 2 aromatic heterocycles. The van der Waals surface area contributed by atoms with Crippen LogP contribution in [0.2, 0.25) is 0 Å². The highest BCUT2D eigenvalue weighted by Crippen LogP contribution is 2.23. The van der Waals surface area contributed by atoms with Gasteiger partial charge in [0.25, 0.3) is 0 Å². The number of benzene rings is 1. The van der Waals surface area contributed by atoms with Crippen LogP contribution in [0.15, 0.2) is 30.6 Å². The van der Waals surface area contributed by atoms with Gasteiger partial charge in [-0.2, -0.15) is 5.10 Å². The summed E-state index contributed by atoms with van der Waals surface area (Å²) in [6, 6.07) is 8.23. The van der Waals surface area contributed by atoms with Gasteiger partial charge in [0.05, 0.1) is 11.1 Å². The van der Waals surface area contributed by atoms with Crippen molar-refractivity contribution in [1.29, 1.82) is 0 Å². The van der Waals surface area contributed by atoms with E-state index in [9.17, 15) is 4.79 Å². The smallest absolute Gasteiger partial charge is 0.222 e. The Morgan fingerprint density at radius 2 is 2.00 bits per heavy atom. The van der Waals surface area contributed by atoms with Gasteiger partial charge < -0.3 is 10.2 Å². The summed E-state index contributed by atoms with van der Waals surface area (Å²) in [7, 11) is 1.88. The Hall–Kier alpha value is -2.96. The number of carbonyl (C=O) groups excluding carboxylic acids is 1. The monoisotopic (exact) mass is 350 g/mol. The third-order valence-corrected chi connectivity index (χ3v) is 4.89. The first-order valence-electron chi connectivity index (χ1n) is 8.86. The van der Waals surface area contributed by atoms with E-state index in [1.807, 2.05) is 31.0 Å². The Morgan fingerprint density at radius 1 is 1.19 bits per heavy atom. The molecule has 3 heterocycles. The van der Waals surface area contributed by atoms with E-state index >= 15 is 0 Å². The van der Waals surface area contributed by atoms with Crippen molar-refractivity contribution in [2.45, 2.75) is 32.9 Å². The van der Waals surface area contributed by atoms with Gasteiger partial charge >= 0.3 is 0 Å². The van der Waals surface area contributed by atoms with E-state index in [0.29, 0.717) is 19.5 Å². The lowest BCUT2D eigenvalue weighted by molar-refractivity contribution is -0.128. The fraction of sp³-hybridized carbons (Fsp3) is 0.368. The highest BCUT2D eigenvalue weighted by molar-refractivity contribution is 5.89. The number of anilines is 1. The minimum absolute atomic E-state index is 0.247. The molecule has 0 aliphatic carbocycles. The Balaban J connectivity index is 1.56. The summed E-state index contributed by atoms with van der Waals surface area (Å²) >= 11 is 0. The average Bonchev–Trinajstić information content (AvgIpc) is 3.18. The number of aryl methyl sites for hydroxylation is 2. The lowest BCUT2D eigenvalue weighted by Crippen LogP contribution is -2.24. The van der Waals surface area contributed by atoms with Crippen LogP contribution in [0.25, 0.3) is 11.0 Å². The molecule has 0 spiro atoms. The van der Waals surface area contributed by atoms with Crippen LogP contribution in [0.5, 0.6) is 0 Å². The zero-order valence-corrected chi connectivity index (χ0v) is 15.1. The molecule has 1 N–H and O–H groups in total. The van der Waals surface area contributed by atoms with Crippen molar-refractivity contribution < 1.29 is 4.79 Å². The molecule has 1 aromatic carbocycles. The van der Waals surface area contributed by atoms with Crippen LogP contribution in [-0.4, -0.2) is 37.1 Å². The molecule has 134 valence electrons. The number of carbonyl (C=O) groups is 1. The highest BCUT2D eigenvalue weighted by Gasteiger charge is 2.21. The van der Waals surface area contributed by atoms with Gasteiger partial charge in [-0.3, -0.25) is 9.48 Å². The van der Waals surface area contributed by atoms with Crippen molar-refractivity contribution in [3.05, 3.63) is 47.4 Å². The predicted octanol–water partition coefficient (Wildman–Crippen LogP) is 2.41. The number of amides is 1. The topological polar surface area (TPSA) is 75.9 Å². The van der Waals surface area contributed by atoms with Crippen LogP contribution in [0.3, 0.4) is 0 Å². The molecule has 1 amide bonds. The van der Waals surface area contributed by atoms with E-state index < -0.39 is 0 Å². The number of aromatic nitrogens is 4. The lowest BCUT2D eigenvalue weighted by atomic mass is 10.1. The van der Waals surface area contributed by atoms with Gasteiger partial charge in [0.2, 0.25) is 5.91 Å². The van der Waals surface area contributed by atoms with E-state index in [1.54, 1.807) is 11.0 Å². The summed E-state index contributed by atoms with van der Waals surface area (Å²) in [5, 5.41) is 8.80. The third-order valence-electron chi connectivity index (χ3n) is 4.89. The van der Waals surface area contributed by atoms with E-state index in [-0.39, 0.29) is 5.91 Å². The molecular weight excluding hydrogens is 328 g/mol. The minimum atomic E-state index is 0.247. The molecule has 1 fully saturated rings. The molecule has 7 heteroatoms. The number of rotatable bonds is 5. The number of likely N-dealkylation sites (tertiary alicyclic amines) is 1. The maximum atomic E-state index is 11.9. The Morgan fingerprint density at radius 3 is 2.77 bits per heavy atom. The summed E-state index contributed by atoms with van der Waals surface area (Å²) in [6.07, 6.45) is 3.18. The summed E-state index contributed by atoms with van der Waals surface area (Å²) < 4.78 is 1.77. The zero-order valence-electron chi connectivity index (χ0n) is 15.1. The second-order valence-corrected chi connectivity index (χ2v) is 6.67. The molecule has 0 atom stereocenters. The second kappa shape index (κ2) is 6.74. The Bertz CT molecular complexity index is 964. The maximum absolute atomic E-state index is 11.9. The van der Waals surface area contributed by atoms with Crippen molar-refractivity contribution in [2.75, 3.05) is 11.9 Å². The fourth-order valence-electron chi connectivity index (χ4n) is 3.55. The predicted molar refractivity (Wildman–Crippen MR) is 99.5 cm³/mol. The van der Waals surface area contributed by atoms with Crippen LogP contribution in [0.4, 0.5) is 5.82 Å². The van der Waals surface area contributed by atoms with Gasteiger partial charge in [-0.05, 0) is 24.5 Å². The first kappa shape index (κ1) is 16.5. The molecule has 0 bridgehead atoms. The number of hydrogen-bond acceptors (Lipinski definition) is 5. The molecule has 0 saturated carbocycles. The van der Waals surface area contributed by atoms with Crippen molar-refractivity contribution in [2.24, 2.45) is 7.05 Å². The van der Waals surface area contributed by atoms with Gasteiger partial charge in [0.15, 0.2) is 5.65 Å². The fourth-order valence-corrected chi connectivity index (χ4v) is 3.55. The van der Waals surface area contributed by atoms with Gasteiger partial charge in [-0.25, -0.2) is 9.97 Å². The summed E-state index contributed by atoms with van der Waals surface area (Å²) in [5.41, 5.74) is 4.06. The second-order valence-electron chi connectivity index (χ2n) is 6.67. The first-order chi connectivity index (χ1) is 12.6. The molecule has 1 aliphatic rings. The first-order valence-corrected chi connectivity index (χ1v) is 8.86. The standard InChI is InChI=1S/C19H22N6O/c1-13-17-18(21-12-22-19(17)24(2)23-13)20-10-14-6-3-4-7-15(14)11-25-9-5-8-16(25)26/h3-4,6-7,12H,5,8-11H2,1-2H3,(H,20,21,22). The van der Waals surface area contributed by atoms with Gasteiger partial charge in [0.1, 0.15) is 12.1 Å². The largest absolute Gasteiger partial charge is 0.365 e. The Labute approximate surface area is 152 Å². The lowest BCUT2D eigenvalue weighted by Gasteiger charge is -2.18. The van der Waals surface area contributed by atoms with Gasteiger partial charge in [-0.1, -0.05) is 24.3 Å². The van der Waals surface area contributed by atoms with Crippen molar-refractivity contribution in [3.8, 4) is 0 Å². The molecule has 1 saturated heterocycles. The molecule has 1 aliphatic heterocycles. The molecule has 3 aromatic rings. The number of fused-ring (bicyclic) bond motifs is 1. The van der Waals surface area contributed by atoms with Crippen molar-refractivity contribution in [1.82, 2.24) is 24.6 Å².